The number of rotatable bonds is 4. The average Bonchev–Trinajstić information content (AvgIpc) is 2.46. The number of anilines is 1. The number of carboxylic acid groups (broad SMARTS) is 1. The average molecular weight is 277 g/mol. The van der Waals surface area contributed by atoms with Gasteiger partial charge in [0.25, 0.3) is 0 Å². The van der Waals surface area contributed by atoms with Gasteiger partial charge in [0.15, 0.2) is 0 Å². The summed E-state index contributed by atoms with van der Waals surface area (Å²) < 4.78 is 0. The Hall–Kier alpha value is -2.08. The van der Waals surface area contributed by atoms with Gasteiger partial charge >= 0.3 is 5.97 Å². The van der Waals surface area contributed by atoms with Crippen LogP contribution in [0.1, 0.15) is 15.9 Å². The van der Waals surface area contributed by atoms with Crippen LogP contribution in [-0.2, 0) is 4.79 Å². The lowest BCUT2D eigenvalue weighted by Crippen LogP contribution is -2.48. The fourth-order valence-electron chi connectivity index (χ4n) is 2.19. The Morgan fingerprint density at radius 2 is 2.05 bits per heavy atom. The highest BCUT2D eigenvalue weighted by atomic mass is 16.4. The zero-order chi connectivity index (χ0) is 14.5. The Kier molecular flexibility index (Phi) is 4.57. The van der Waals surface area contributed by atoms with E-state index in [1.807, 2.05) is 13.0 Å². The summed E-state index contributed by atoms with van der Waals surface area (Å²) in [5, 5.41) is 15.3. The first-order valence-electron chi connectivity index (χ1n) is 6.64. The number of nitrogens with zero attached hydrogens (tertiary/aromatic N) is 1. The second-order valence-electron chi connectivity index (χ2n) is 4.84. The Bertz CT molecular complexity index is 510. The minimum atomic E-state index is -0.995. The minimum absolute atomic E-state index is 0.0107. The lowest BCUT2D eigenvalue weighted by molar-refractivity contribution is -0.129. The van der Waals surface area contributed by atoms with E-state index >= 15 is 0 Å². The molecule has 0 atom stereocenters. The van der Waals surface area contributed by atoms with Crippen molar-refractivity contribution in [2.24, 2.45) is 0 Å². The van der Waals surface area contributed by atoms with E-state index < -0.39 is 5.97 Å². The number of hydrogen-bond acceptors (Lipinski definition) is 4. The highest BCUT2D eigenvalue weighted by molar-refractivity contribution is 5.95. The van der Waals surface area contributed by atoms with Gasteiger partial charge in [-0.15, -0.1) is 0 Å². The largest absolute Gasteiger partial charge is 0.478 e. The minimum Gasteiger partial charge on any atom is -0.478 e. The molecule has 0 bridgehead atoms. The summed E-state index contributed by atoms with van der Waals surface area (Å²) in [6.45, 7) is 4.94. The number of carboxylic acids is 1. The van der Waals surface area contributed by atoms with Crippen LogP contribution >= 0.6 is 0 Å². The molecule has 1 fully saturated rings. The molecule has 1 aliphatic rings. The summed E-state index contributed by atoms with van der Waals surface area (Å²) in [6, 6.07) is 5.12. The quantitative estimate of drug-likeness (QED) is 0.748. The molecule has 1 aliphatic heterocycles. The van der Waals surface area contributed by atoms with Crippen molar-refractivity contribution in [1.82, 2.24) is 10.2 Å². The smallest absolute Gasteiger partial charge is 0.337 e. The van der Waals surface area contributed by atoms with Crippen LogP contribution in [0.3, 0.4) is 0 Å². The molecule has 1 aromatic carbocycles. The Morgan fingerprint density at radius 3 is 2.70 bits per heavy atom. The van der Waals surface area contributed by atoms with E-state index in [-0.39, 0.29) is 18.0 Å². The molecule has 1 amide bonds. The summed E-state index contributed by atoms with van der Waals surface area (Å²) in [5.74, 6) is -1.01. The summed E-state index contributed by atoms with van der Waals surface area (Å²) in [5.41, 5.74) is 1.55. The van der Waals surface area contributed by atoms with E-state index in [0.717, 1.165) is 18.7 Å². The molecule has 0 aliphatic carbocycles. The first-order valence-corrected chi connectivity index (χ1v) is 6.64. The normalized spacial score (nSPS) is 14.9. The second kappa shape index (κ2) is 6.38. The highest BCUT2D eigenvalue weighted by Gasteiger charge is 2.17. The van der Waals surface area contributed by atoms with Gasteiger partial charge in [-0.1, -0.05) is 11.6 Å². The molecule has 0 unspecified atom stereocenters. The second-order valence-corrected chi connectivity index (χ2v) is 4.84. The fraction of sp³-hybridized carbons (Fsp3) is 0.429. The van der Waals surface area contributed by atoms with E-state index in [1.54, 1.807) is 17.0 Å². The number of piperazine rings is 1. The number of carbonyl (C=O) groups excluding carboxylic acids is 1. The SMILES string of the molecule is Cc1ccc(NCC(=O)N2CCNCC2)c(C(=O)O)c1. The van der Waals surface area contributed by atoms with Gasteiger partial charge < -0.3 is 20.6 Å². The molecule has 6 nitrogen and oxygen atoms in total. The lowest BCUT2D eigenvalue weighted by atomic mass is 10.1. The van der Waals surface area contributed by atoms with Gasteiger partial charge in [-0.05, 0) is 19.1 Å². The third-order valence-electron chi connectivity index (χ3n) is 3.31. The molecular weight excluding hydrogens is 258 g/mol. The van der Waals surface area contributed by atoms with E-state index in [4.69, 9.17) is 5.11 Å². The molecule has 3 N–H and O–H groups in total. The maximum absolute atomic E-state index is 12.0. The third-order valence-corrected chi connectivity index (χ3v) is 3.31. The molecule has 2 rings (SSSR count). The van der Waals surface area contributed by atoms with E-state index in [0.29, 0.717) is 18.8 Å². The van der Waals surface area contributed by atoms with Gasteiger partial charge in [0.2, 0.25) is 5.91 Å². The van der Waals surface area contributed by atoms with E-state index in [9.17, 15) is 9.59 Å². The molecule has 1 heterocycles. The van der Waals surface area contributed by atoms with Crippen LogP contribution in [-0.4, -0.2) is 54.6 Å². The highest BCUT2D eigenvalue weighted by Crippen LogP contribution is 2.17. The molecule has 1 saturated heterocycles. The van der Waals surface area contributed by atoms with Crippen LogP contribution in [0.5, 0.6) is 0 Å². The van der Waals surface area contributed by atoms with Crippen molar-refractivity contribution >= 4 is 17.6 Å². The zero-order valence-corrected chi connectivity index (χ0v) is 11.5. The van der Waals surface area contributed by atoms with E-state index in [1.165, 1.54) is 0 Å². The van der Waals surface area contributed by atoms with Gasteiger partial charge in [0.05, 0.1) is 12.1 Å². The van der Waals surface area contributed by atoms with Gasteiger partial charge in [-0.25, -0.2) is 4.79 Å². The van der Waals surface area contributed by atoms with Crippen LogP contribution in [0.25, 0.3) is 0 Å². The summed E-state index contributed by atoms with van der Waals surface area (Å²) in [4.78, 5) is 25.0. The monoisotopic (exact) mass is 277 g/mol. The van der Waals surface area contributed by atoms with Crippen molar-refractivity contribution in [2.45, 2.75) is 6.92 Å². The fourth-order valence-corrected chi connectivity index (χ4v) is 2.19. The van der Waals surface area contributed by atoms with Crippen LogP contribution in [0.15, 0.2) is 18.2 Å². The van der Waals surface area contributed by atoms with Crippen LogP contribution in [0, 0.1) is 6.92 Å². The van der Waals surface area contributed by atoms with Crippen LogP contribution in [0.2, 0.25) is 0 Å². The molecular formula is C14H19N3O3. The van der Waals surface area contributed by atoms with Gasteiger partial charge in [-0.3, -0.25) is 4.79 Å². The molecule has 108 valence electrons. The van der Waals surface area contributed by atoms with Gasteiger partial charge in [0.1, 0.15) is 0 Å². The number of nitrogens with one attached hydrogen (secondary N) is 2. The lowest BCUT2D eigenvalue weighted by Gasteiger charge is -2.27. The molecule has 6 heteroatoms. The van der Waals surface area contributed by atoms with Crippen LogP contribution in [0.4, 0.5) is 5.69 Å². The van der Waals surface area contributed by atoms with Gasteiger partial charge in [0, 0.05) is 31.9 Å². The van der Waals surface area contributed by atoms with E-state index in [2.05, 4.69) is 10.6 Å². The summed E-state index contributed by atoms with van der Waals surface area (Å²) in [6.07, 6.45) is 0. The number of hydrogen-bond donors (Lipinski definition) is 3. The topological polar surface area (TPSA) is 81.7 Å². The Balaban J connectivity index is 1.99. The first-order chi connectivity index (χ1) is 9.58. The third kappa shape index (κ3) is 3.48. The predicted octanol–water partition coefficient (Wildman–Crippen LogP) is 0.537. The number of carbonyl (C=O) groups is 2. The van der Waals surface area contributed by atoms with Crippen molar-refractivity contribution in [1.29, 1.82) is 0 Å². The molecule has 0 spiro atoms. The Labute approximate surface area is 117 Å². The summed E-state index contributed by atoms with van der Waals surface area (Å²) >= 11 is 0. The molecule has 20 heavy (non-hydrogen) atoms. The standard InChI is InChI=1S/C14H19N3O3/c1-10-2-3-12(11(8-10)14(19)20)16-9-13(18)17-6-4-15-5-7-17/h2-3,8,15-16H,4-7,9H2,1H3,(H,19,20). The number of benzene rings is 1. The van der Waals surface area contributed by atoms with Crippen molar-refractivity contribution in [3.8, 4) is 0 Å². The predicted molar refractivity (Wildman–Crippen MR) is 76.1 cm³/mol. The Morgan fingerprint density at radius 1 is 1.35 bits per heavy atom. The number of amides is 1. The number of aryl methyl sites for hydroxylation is 1. The summed E-state index contributed by atoms with van der Waals surface area (Å²) in [7, 11) is 0. The molecule has 0 saturated carbocycles. The maximum atomic E-state index is 12.0. The maximum Gasteiger partial charge on any atom is 0.337 e. The van der Waals surface area contributed by atoms with Crippen molar-refractivity contribution < 1.29 is 14.7 Å². The molecule has 1 aromatic rings. The van der Waals surface area contributed by atoms with Gasteiger partial charge in [-0.2, -0.15) is 0 Å². The van der Waals surface area contributed by atoms with Crippen molar-refractivity contribution in [2.75, 3.05) is 38.0 Å². The zero-order valence-electron chi connectivity index (χ0n) is 11.5. The first kappa shape index (κ1) is 14.3. The number of aromatic carboxylic acids is 1. The van der Waals surface area contributed by atoms with Crippen molar-refractivity contribution in [3.63, 3.8) is 0 Å². The van der Waals surface area contributed by atoms with Crippen molar-refractivity contribution in [3.05, 3.63) is 29.3 Å². The molecule has 0 radical (unpaired) electrons. The van der Waals surface area contributed by atoms with Crippen LogP contribution < -0.4 is 10.6 Å². The molecule has 0 aromatic heterocycles.